The molecule has 3 nitrogen and oxygen atoms in total. The van der Waals surface area contributed by atoms with Gasteiger partial charge in [-0.2, -0.15) is 4.36 Å². The maximum atomic E-state index is 13.0. The van der Waals surface area contributed by atoms with Crippen LogP contribution in [0.5, 0.6) is 0 Å². The van der Waals surface area contributed by atoms with Gasteiger partial charge in [0.25, 0.3) is 0 Å². The molecule has 13 heavy (non-hydrogen) atoms. The lowest BCUT2D eigenvalue weighted by molar-refractivity contribution is 0.623. The van der Waals surface area contributed by atoms with Crippen LogP contribution < -0.4 is 0 Å². The third kappa shape index (κ3) is 2.77. The molecule has 0 saturated carbocycles. The molecule has 0 spiro atoms. The van der Waals surface area contributed by atoms with Gasteiger partial charge in [0.05, 0.1) is 9.73 Å². The molecular weight excluding hydrogens is 191 g/mol. The summed E-state index contributed by atoms with van der Waals surface area (Å²) in [6.07, 6.45) is 2.91. The Kier molecular flexibility index (Phi) is 2.98. The Morgan fingerprint density at radius 2 is 2.38 bits per heavy atom. The number of hydrogen-bond acceptors (Lipinski definition) is 3. The maximum absolute atomic E-state index is 13.0. The van der Waals surface area contributed by atoms with Crippen LogP contribution in [0.15, 0.2) is 22.7 Å². The van der Waals surface area contributed by atoms with Crippen molar-refractivity contribution in [2.75, 3.05) is 12.0 Å². The smallest absolute Gasteiger partial charge is 0.197 e. The second-order valence-corrected chi connectivity index (χ2v) is 5.33. The Bertz CT molecular complexity index is 410. The Morgan fingerprint density at radius 1 is 1.69 bits per heavy atom. The van der Waals surface area contributed by atoms with E-state index < -0.39 is 15.5 Å². The van der Waals surface area contributed by atoms with Gasteiger partial charge in [-0.15, -0.1) is 0 Å². The molecule has 72 valence electrons. The normalized spacial score (nSPS) is 15.0. The summed E-state index contributed by atoms with van der Waals surface area (Å²) in [5, 5.41) is 0. The Hall–Kier alpha value is -0.970. The van der Waals surface area contributed by atoms with E-state index in [1.165, 1.54) is 24.6 Å². The van der Waals surface area contributed by atoms with E-state index in [0.29, 0.717) is 5.75 Å². The summed E-state index contributed by atoms with van der Waals surface area (Å²) in [5.41, 5.74) is 0. The minimum atomic E-state index is -2.32. The summed E-state index contributed by atoms with van der Waals surface area (Å²) in [4.78, 5) is 3.69. The zero-order valence-corrected chi connectivity index (χ0v) is 8.34. The monoisotopic (exact) mass is 202 g/mol. The van der Waals surface area contributed by atoms with Crippen molar-refractivity contribution < 1.29 is 8.60 Å². The van der Waals surface area contributed by atoms with E-state index in [1.54, 1.807) is 6.92 Å². The number of hydrogen-bond donors (Lipinski definition) is 0. The molecule has 0 aliphatic heterocycles. The molecule has 0 unspecified atom stereocenters. The van der Waals surface area contributed by atoms with Crippen LogP contribution in [-0.4, -0.2) is 21.2 Å². The van der Waals surface area contributed by atoms with Crippen molar-refractivity contribution >= 4 is 15.5 Å². The van der Waals surface area contributed by atoms with Gasteiger partial charge in [0, 0.05) is 18.2 Å². The first-order valence-corrected chi connectivity index (χ1v) is 5.95. The van der Waals surface area contributed by atoms with E-state index in [0.717, 1.165) is 0 Å². The van der Waals surface area contributed by atoms with E-state index in [2.05, 4.69) is 9.35 Å². The van der Waals surface area contributed by atoms with Gasteiger partial charge in [-0.1, -0.05) is 6.92 Å². The number of rotatable bonds is 2. The van der Waals surface area contributed by atoms with Gasteiger partial charge < -0.3 is 0 Å². The highest BCUT2D eigenvalue weighted by molar-refractivity contribution is 7.93. The zero-order chi connectivity index (χ0) is 9.90. The van der Waals surface area contributed by atoms with Crippen molar-refractivity contribution in [3.8, 4) is 0 Å². The van der Waals surface area contributed by atoms with Gasteiger partial charge in [0.2, 0.25) is 0 Å². The fourth-order valence-electron chi connectivity index (χ4n) is 0.692. The predicted molar refractivity (Wildman–Crippen MR) is 50.9 cm³/mol. The van der Waals surface area contributed by atoms with E-state index in [1.807, 2.05) is 0 Å². The lowest BCUT2D eigenvalue weighted by Crippen LogP contribution is -1.98. The Balaban J connectivity index is 3.19. The molecule has 0 amide bonds. The Labute approximate surface area is 77.2 Å². The lowest BCUT2D eigenvalue weighted by Gasteiger charge is -1.99. The third-order valence-electron chi connectivity index (χ3n) is 1.55. The molecule has 0 aromatic carbocycles. The van der Waals surface area contributed by atoms with Crippen LogP contribution in [0.1, 0.15) is 6.92 Å². The molecule has 0 aliphatic rings. The number of nitrogens with zero attached hydrogens (tertiary/aromatic N) is 2. The van der Waals surface area contributed by atoms with E-state index >= 15 is 0 Å². The maximum Gasteiger partial charge on any atom is 0.197 e. The molecule has 5 heteroatoms. The topological polar surface area (TPSA) is 42.3 Å². The van der Waals surface area contributed by atoms with Crippen molar-refractivity contribution in [1.29, 1.82) is 0 Å². The summed E-state index contributed by atoms with van der Waals surface area (Å²) in [6, 6.07) is 2.72. The number of halogens is 1. The van der Waals surface area contributed by atoms with Crippen LogP contribution in [0.25, 0.3) is 0 Å². The molecule has 1 aromatic heterocycles. The molecule has 0 fully saturated rings. The largest absolute Gasteiger partial charge is 0.250 e. The summed E-state index contributed by atoms with van der Waals surface area (Å²) < 4.78 is 28.2. The molecule has 0 aliphatic carbocycles. The van der Waals surface area contributed by atoms with Crippen LogP contribution in [0.4, 0.5) is 10.2 Å². The van der Waals surface area contributed by atoms with Crippen LogP contribution >= 0.6 is 0 Å². The first-order chi connectivity index (χ1) is 6.05. The van der Waals surface area contributed by atoms with Gasteiger partial charge in [0.15, 0.2) is 11.6 Å². The average molecular weight is 202 g/mol. The highest BCUT2D eigenvalue weighted by Crippen LogP contribution is 2.14. The fraction of sp³-hybridized carbons (Fsp3) is 0.375. The van der Waals surface area contributed by atoms with Crippen LogP contribution in [-0.2, 0) is 9.73 Å². The van der Waals surface area contributed by atoms with Gasteiger partial charge in [-0.3, -0.25) is 0 Å². The zero-order valence-electron chi connectivity index (χ0n) is 7.53. The van der Waals surface area contributed by atoms with Crippen molar-refractivity contribution in [1.82, 2.24) is 4.98 Å². The van der Waals surface area contributed by atoms with Crippen LogP contribution in [0.3, 0.4) is 0 Å². The summed E-state index contributed by atoms with van der Waals surface area (Å²) in [5.74, 6) is -0.217. The van der Waals surface area contributed by atoms with Gasteiger partial charge in [-0.25, -0.2) is 13.6 Å². The molecule has 1 rings (SSSR count). The minimum absolute atomic E-state index is 0.0724. The van der Waals surface area contributed by atoms with Crippen LogP contribution in [0, 0.1) is 5.82 Å². The average Bonchev–Trinajstić information content (AvgIpc) is 2.09. The SMILES string of the molecule is CC[S@@](C)(=O)=Nc1ncccc1F. The summed E-state index contributed by atoms with van der Waals surface area (Å²) >= 11 is 0. The Morgan fingerprint density at radius 3 is 2.92 bits per heavy atom. The minimum Gasteiger partial charge on any atom is -0.250 e. The molecular formula is C8H11FN2OS. The molecule has 0 bridgehead atoms. The first-order valence-electron chi connectivity index (χ1n) is 3.85. The second-order valence-electron chi connectivity index (χ2n) is 2.65. The van der Waals surface area contributed by atoms with Crippen molar-refractivity contribution in [2.24, 2.45) is 4.36 Å². The van der Waals surface area contributed by atoms with E-state index in [-0.39, 0.29) is 5.82 Å². The molecule has 1 aromatic rings. The highest BCUT2D eigenvalue weighted by atomic mass is 32.2. The molecule has 1 atom stereocenters. The standard InChI is InChI=1S/C8H11FN2OS/c1-3-13(2,12)11-8-7(9)5-4-6-10-8/h4-6H,3H2,1-2H3/t13-/m1/s1. The lowest BCUT2D eigenvalue weighted by atomic mass is 10.4. The molecule has 1 heterocycles. The van der Waals surface area contributed by atoms with E-state index in [9.17, 15) is 8.60 Å². The first kappa shape index (κ1) is 10.1. The number of aromatic nitrogens is 1. The summed E-state index contributed by atoms with van der Waals surface area (Å²) in [7, 11) is -2.32. The van der Waals surface area contributed by atoms with Gasteiger partial charge >= 0.3 is 0 Å². The molecule has 0 N–H and O–H groups in total. The number of pyridine rings is 1. The third-order valence-corrected chi connectivity index (χ3v) is 3.18. The second kappa shape index (κ2) is 3.83. The molecule has 0 radical (unpaired) electrons. The van der Waals surface area contributed by atoms with Gasteiger partial charge in [-0.05, 0) is 12.1 Å². The van der Waals surface area contributed by atoms with Crippen molar-refractivity contribution in [3.63, 3.8) is 0 Å². The highest BCUT2D eigenvalue weighted by Gasteiger charge is 2.03. The predicted octanol–water partition coefficient (Wildman–Crippen LogP) is 1.97. The van der Waals surface area contributed by atoms with Gasteiger partial charge in [0.1, 0.15) is 0 Å². The molecule has 0 saturated heterocycles. The fourth-order valence-corrected chi connectivity index (χ4v) is 1.32. The van der Waals surface area contributed by atoms with Crippen molar-refractivity contribution in [3.05, 3.63) is 24.1 Å². The van der Waals surface area contributed by atoms with Crippen LogP contribution in [0.2, 0.25) is 0 Å². The van der Waals surface area contributed by atoms with E-state index in [4.69, 9.17) is 0 Å². The quantitative estimate of drug-likeness (QED) is 0.735. The van der Waals surface area contributed by atoms with Crippen molar-refractivity contribution in [2.45, 2.75) is 6.92 Å². The summed E-state index contributed by atoms with van der Waals surface area (Å²) in [6.45, 7) is 1.74.